The summed E-state index contributed by atoms with van der Waals surface area (Å²) in [6.45, 7) is 4.34. The number of carbonyl (C=O) groups excluding carboxylic acids is 2. The van der Waals surface area contributed by atoms with Gasteiger partial charge in [-0.2, -0.15) is 0 Å². The number of likely N-dealkylation sites (tertiary alicyclic amines) is 1. The van der Waals surface area contributed by atoms with Gasteiger partial charge in [-0.3, -0.25) is 19.5 Å². The predicted molar refractivity (Wildman–Crippen MR) is 126 cm³/mol. The topological polar surface area (TPSA) is 79.3 Å². The summed E-state index contributed by atoms with van der Waals surface area (Å²) >= 11 is 0. The van der Waals surface area contributed by atoms with E-state index >= 15 is 0 Å². The minimum Gasteiger partial charge on any atom is -0.343 e. The van der Waals surface area contributed by atoms with Crippen LogP contribution < -0.4 is 4.90 Å². The van der Waals surface area contributed by atoms with Crippen LogP contribution >= 0.6 is 0 Å². The average molecular weight is 448 g/mol. The number of nitrogens with zero attached hydrogens (tertiary/aromatic N) is 5. The standard InChI is InChI=1S/C26H33N5O2/c1-18-22-10-11-24(33)31(17-19-8-9-19)26(22)29-25(28-18)20-12-15-30(16-13-20)23(32)7-4-6-21-5-2-3-14-27-21/h2-3,5,14,19-20H,4,6-13,15-17H2,1H3. The number of amides is 2. The minimum absolute atomic E-state index is 0.199. The summed E-state index contributed by atoms with van der Waals surface area (Å²) < 4.78 is 0. The first kappa shape index (κ1) is 22.0. The summed E-state index contributed by atoms with van der Waals surface area (Å²) in [4.78, 5) is 43.4. The fourth-order valence-corrected chi connectivity index (χ4v) is 5.04. The second-order valence-electron chi connectivity index (χ2n) is 9.75. The fourth-order valence-electron chi connectivity index (χ4n) is 5.04. The van der Waals surface area contributed by atoms with Crippen LogP contribution in [0.4, 0.5) is 5.82 Å². The van der Waals surface area contributed by atoms with E-state index in [0.29, 0.717) is 18.8 Å². The van der Waals surface area contributed by atoms with Crippen molar-refractivity contribution in [1.82, 2.24) is 19.9 Å². The Labute approximate surface area is 195 Å². The lowest BCUT2D eigenvalue weighted by Crippen LogP contribution is -2.40. The highest BCUT2D eigenvalue weighted by Crippen LogP contribution is 2.36. The summed E-state index contributed by atoms with van der Waals surface area (Å²) in [6, 6.07) is 5.91. The molecule has 4 heterocycles. The molecule has 7 heteroatoms. The first-order valence-corrected chi connectivity index (χ1v) is 12.4. The first-order chi connectivity index (χ1) is 16.1. The molecule has 2 fully saturated rings. The van der Waals surface area contributed by atoms with E-state index in [0.717, 1.165) is 80.3 Å². The molecule has 33 heavy (non-hydrogen) atoms. The number of piperidine rings is 1. The van der Waals surface area contributed by atoms with Crippen LogP contribution in [0.3, 0.4) is 0 Å². The van der Waals surface area contributed by atoms with E-state index in [1.54, 1.807) is 6.20 Å². The molecule has 0 aromatic carbocycles. The molecule has 2 aliphatic heterocycles. The first-order valence-electron chi connectivity index (χ1n) is 12.4. The van der Waals surface area contributed by atoms with Gasteiger partial charge in [0.25, 0.3) is 0 Å². The van der Waals surface area contributed by atoms with Crippen molar-refractivity contribution >= 4 is 17.6 Å². The normalized spacial score (nSPS) is 19.0. The number of anilines is 1. The highest BCUT2D eigenvalue weighted by atomic mass is 16.2. The molecule has 1 saturated heterocycles. The van der Waals surface area contributed by atoms with Crippen LogP contribution in [0.1, 0.15) is 73.6 Å². The fraction of sp³-hybridized carbons (Fsp3) is 0.577. The average Bonchev–Trinajstić information content (AvgIpc) is 3.66. The number of fused-ring (bicyclic) bond motifs is 1. The van der Waals surface area contributed by atoms with Crippen molar-refractivity contribution in [1.29, 1.82) is 0 Å². The third-order valence-corrected chi connectivity index (χ3v) is 7.26. The Morgan fingerprint density at radius 1 is 1.09 bits per heavy atom. The zero-order valence-corrected chi connectivity index (χ0v) is 19.5. The molecule has 5 rings (SSSR count). The highest BCUT2D eigenvalue weighted by molar-refractivity contribution is 5.95. The lowest BCUT2D eigenvalue weighted by Gasteiger charge is -2.33. The number of carbonyl (C=O) groups is 2. The number of rotatable bonds is 7. The molecule has 0 unspecified atom stereocenters. The van der Waals surface area contributed by atoms with Crippen LogP contribution in [-0.2, 0) is 22.4 Å². The van der Waals surface area contributed by atoms with Crippen molar-refractivity contribution in [2.45, 2.75) is 70.6 Å². The molecule has 0 radical (unpaired) electrons. The lowest BCUT2D eigenvalue weighted by molar-refractivity contribution is -0.132. The van der Waals surface area contributed by atoms with Crippen molar-refractivity contribution in [3.8, 4) is 0 Å². The molecule has 3 aliphatic rings. The molecule has 0 spiro atoms. The van der Waals surface area contributed by atoms with Crippen LogP contribution in [0.2, 0.25) is 0 Å². The second-order valence-corrected chi connectivity index (χ2v) is 9.75. The Morgan fingerprint density at radius 2 is 1.91 bits per heavy atom. The SMILES string of the molecule is Cc1nc(C2CCN(C(=O)CCCc3ccccn3)CC2)nc2c1CCC(=O)N2CC1CC1. The Hall–Kier alpha value is -2.83. The molecular formula is C26H33N5O2. The number of aromatic nitrogens is 3. The molecule has 1 aliphatic carbocycles. The van der Waals surface area contributed by atoms with Crippen molar-refractivity contribution in [3.05, 3.63) is 47.2 Å². The summed E-state index contributed by atoms with van der Waals surface area (Å²) in [5, 5.41) is 0. The Bertz CT molecular complexity index is 1010. The van der Waals surface area contributed by atoms with E-state index in [1.807, 2.05) is 28.0 Å². The smallest absolute Gasteiger partial charge is 0.228 e. The molecule has 174 valence electrons. The summed E-state index contributed by atoms with van der Waals surface area (Å²) in [7, 11) is 0. The Kier molecular flexibility index (Phi) is 6.38. The van der Waals surface area contributed by atoms with Gasteiger partial charge in [0.2, 0.25) is 11.8 Å². The van der Waals surface area contributed by atoms with Crippen molar-refractivity contribution in [2.24, 2.45) is 5.92 Å². The lowest BCUT2D eigenvalue weighted by atomic mass is 9.94. The van der Waals surface area contributed by atoms with Gasteiger partial charge in [0.1, 0.15) is 11.6 Å². The van der Waals surface area contributed by atoms with Gasteiger partial charge in [0.15, 0.2) is 0 Å². The number of aryl methyl sites for hydroxylation is 2. The monoisotopic (exact) mass is 447 g/mol. The van der Waals surface area contributed by atoms with E-state index < -0.39 is 0 Å². The van der Waals surface area contributed by atoms with E-state index in [-0.39, 0.29) is 17.7 Å². The predicted octanol–water partition coefficient (Wildman–Crippen LogP) is 3.60. The summed E-state index contributed by atoms with van der Waals surface area (Å²) in [6.07, 6.45) is 9.50. The van der Waals surface area contributed by atoms with E-state index in [2.05, 4.69) is 11.9 Å². The molecule has 0 N–H and O–H groups in total. The van der Waals surface area contributed by atoms with Gasteiger partial charge < -0.3 is 4.90 Å². The van der Waals surface area contributed by atoms with Crippen LogP contribution in [0.25, 0.3) is 0 Å². The molecule has 7 nitrogen and oxygen atoms in total. The highest BCUT2D eigenvalue weighted by Gasteiger charge is 2.34. The number of hydrogen-bond donors (Lipinski definition) is 0. The Morgan fingerprint density at radius 3 is 2.64 bits per heavy atom. The second kappa shape index (κ2) is 9.57. The van der Waals surface area contributed by atoms with Crippen molar-refractivity contribution in [2.75, 3.05) is 24.5 Å². The largest absolute Gasteiger partial charge is 0.343 e. The zero-order chi connectivity index (χ0) is 22.8. The van der Waals surface area contributed by atoms with E-state index in [4.69, 9.17) is 9.97 Å². The summed E-state index contributed by atoms with van der Waals surface area (Å²) in [5.74, 6) is 3.01. The minimum atomic E-state index is 0.199. The quantitative estimate of drug-likeness (QED) is 0.648. The summed E-state index contributed by atoms with van der Waals surface area (Å²) in [5.41, 5.74) is 3.19. The Balaban J connectivity index is 1.19. The number of hydrogen-bond acceptors (Lipinski definition) is 5. The van der Waals surface area contributed by atoms with Gasteiger partial charge in [-0.15, -0.1) is 0 Å². The maximum atomic E-state index is 12.7. The molecule has 2 aromatic rings. The van der Waals surface area contributed by atoms with Crippen molar-refractivity contribution < 1.29 is 9.59 Å². The molecule has 1 saturated carbocycles. The van der Waals surface area contributed by atoms with E-state index in [1.165, 1.54) is 12.8 Å². The van der Waals surface area contributed by atoms with Gasteiger partial charge in [-0.1, -0.05) is 6.07 Å². The van der Waals surface area contributed by atoms with Gasteiger partial charge >= 0.3 is 0 Å². The zero-order valence-electron chi connectivity index (χ0n) is 19.5. The van der Waals surface area contributed by atoms with Crippen LogP contribution in [0.15, 0.2) is 24.4 Å². The van der Waals surface area contributed by atoms with Crippen LogP contribution in [0.5, 0.6) is 0 Å². The maximum absolute atomic E-state index is 12.7. The van der Waals surface area contributed by atoms with Crippen LogP contribution in [0, 0.1) is 12.8 Å². The molecule has 2 amide bonds. The van der Waals surface area contributed by atoms with E-state index in [9.17, 15) is 9.59 Å². The number of pyridine rings is 1. The van der Waals surface area contributed by atoms with Gasteiger partial charge in [0.05, 0.1) is 0 Å². The molecule has 0 atom stereocenters. The van der Waals surface area contributed by atoms with Gasteiger partial charge in [-0.25, -0.2) is 9.97 Å². The van der Waals surface area contributed by atoms with Gasteiger partial charge in [0, 0.05) is 61.5 Å². The third kappa shape index (κ3) is 5.07. The van der Waals surface area contributed by atoms with Crippen molar-refractivity contribution in [3.63, 3.8) is 0 Å². The molecule has 2 aromatic heterocycles. The van der Waals surface area contributed by atoms with Crippen LogP contribution in [-0.4, -0.2) is 51.3 Å². The maximum Gasteiger partial charge on any atom is 0.228 e. The van der Waals surface area contributed by atoms with Gasteiger partial charge in [-0.05, 0) is 69.9 Å². The third-order valence-electron chi connectivity index (χ3n) is 7.26. The molecular weight excluding hydrogens is 414 g/mol. The molecule has 0 bridgehead atoms.